The first-order valence-electron chi connectivity index (χ1n) is 8.89. The van der Waals surface area contributed by atoms with E-state index in [9.17, 15) is 10.1 Å². The Morgan fingerprint density at radius 1 is 1.24 bits per heavy atom. The van der Waals surface area contributed by atoms with E-state index in [0.29, 0.717) is 32.6 Å². The van der Waals surface area contributed by atoms with Gasteiger partial charge in [-0.2, -0.15) is 15.5 Å². The van der Waals surface area contributed by atoms with Crippen LogP contribution in [-0.4, -0.2) is 20.0 Å². The molecular formula is C21H17ClN6O. The molecule has 4 rings (SSSR count). The van der Waals surface area contributed by atoms with Gasteiger partial charge in [0, 0.05) is 35.1 Å². The van der Waals surface area contributed by atoms with Crippen LogP contribution in [0.5, 0.6) is 0 Å². The number of benzene rings is 2. The number of rotatable bonds is 3. The van der Waals surface area contributed by atoms with E-state index in [2.05, 4.69) is 21.4 Å². The summed E-state index contributed by atoms with van der Waals surface area (Å²) in [5, 5.41) is 22.3. The molecule has 29 heavy (non-hydrogen) atoms. The molecule has 2 aromatic heterocycles. The molecule has 0 fully saturated rings. The van der Waals surface area contributed by atoms with E-state index in [1.54, 1.807) is 29.1 Å². The molecule has 0 saturated heterocycles. The van der Waals surface area contributed by atoms with E-state index in [1.165, 1.54) is 0 Å². The number of nitrogens with one attached hydrogen (secondary N) is 1. The summed E-state index contributed by atoms with van der Waals surface area (Å²) in [6, 6.07) is 11.3. The Hall–Kier alpha value is -3.47. The van der Waals surface area contributed by atoms with Crippen molar-refractivity contribution < 1.29 is 0 Å². The summed E-state index contributed by atoms with van der Waals surface area (Å²) in [5.74, 6) is 0. The molecule has 2 heterocycles. The normalized spacial score (nSPS) is 11.0. The van der Waals surface area contributed by atoms with Crippen molar-refractivity contribution in [2.24, 2.45) is 12.8 Å². The van der Waals surface area contributed by atoms with Gasteiger partial charge in [-0.25, -0.2) is 5.10 Å². The van der Waals surface area contributed by atoms with Crippen molar-refractivity contribution in [3.05, 3.63) is 68.7 Å². The van der Waals surface area contributed by atoms with Crippen molar-refractivity contribution in [2.75, 3.05) is 0 Å². The number of aromatic nitrogens is 4. The maximum Gasteiger partial charge on any atom is 0.272 e. The smallest absolute Gasteiger partial charge is 0.272 e. The fraction of sp³-hybridized carbons (Fsp3) is 0.143. The van der Waals surface area contributed by atoms with Crippen LogP contribution < -0.4 is 11.3 Å². The fourth-order valence-electron chi connectivity index (χ4n) is 3.48. The number of nitrogens with zero attached hydrogens (tertiary/aromatic N) is 4. The number of hydrogen-bond acceptors (Lipinski definition) is 5. The van der Waals surface area contributed by atoms with Crippen LogP contribution in [0.3, 0.4) is 0 Å². The maximum absolute atomic E-state index is 12.1. The molecule has 0 radical (unpaired) electrons. The van der Waals surface area contributed by atoms with Gasteiger partial charge in [-0.15, -0.1) is 0 Å². The Morgan fingerprint density at radius 2 is 2.03 bits per heavy atom. The molecule has 4 aromatic rings. The second-order valence-corrected chi connectivity index (χ2v) is 7.16. The predicted octanol–water partition coefficient (Wildman–Crippen LogP) is 3.28. The molecule has 0 unspecified atom stereocenters. The van der Waals surface area contributed by atoms with E-state index in [-0.39, 0.29) is 12.1 Å². The lowest BCUT2D eigenvalue weighted by Crippen LogP contribution is -2.13. The first kappa shape index (κ1) is 18.9. The molecule has 0 spiro atoms. The maximum atomic E-state index is 12.1. The summed E-state index contributed by atoms with van der Waals surface area (Å²) in [4.78, 5) is 12.1. The van der Waals surface area contributed by atoms with Crippen LogP contribution in [0.2, 0.25) is 5.02 Å². The molecule has 0 aliphatic carbocycles. The first-order valence-corrected chi connectivity index (χ1v) is 9.26. The number of nitrogens with two attached hydrogens (primary N) is 1. The highest BCUT2D eigenvalue weighted by atomic mass is 35.5. The van der Waals surface area contributed by atoms with Crippen LogP contribution in [0, 0.1) is 18.3 Å². The minimum absolute atomic E-state index is 0.197. The van der Waals surface area contributed by atoms with Gasteiger partial charge in [0.2, 0.25) is 0 Å². The Morgan fingerprint density at radius 3 is 2.76 bits per heavy atom. The summed E-state index contributed by atoms with van der Waals surface area (Å²) in [5.41, 5.74) is 10.6. The van der Waals surface area contributed by atoms with E-state index in [1.807, 2.05) is 26.1 Å². The number of fused-ring (bicyclic) bond motifs is 1. The molecule has 3 N–H and O–H groups in total. The Labute approximate surface area is 171 Å². The van der Waals surface area contributed by atoms with Gasteiger partial charge in [0.1, 0.15) is 0 Å². The summed E-state index contributed by atoms with van der Waals surface area (Å²) in [6.07, 6.45) is 1.73. The Kier molecular flexibility index (Phi) is 4.66. The highest BCUT2D eigenvalue weighted by molar-refractivity contribution is 6.31. The summed E-state index contributed by atoms with van der Waals surface area (Å²) in [6.45, 7) is 2.06. The molecule has 144 valence electrons. The van der Waals surface area contributed by atoms with Crippen LogP contribution in [-0.2, 0) is 13.6 Å². The van der Waals surface area contributed by atoms with Gasteiger partial charge >= 0.3 is 0 Å². The van der Waals surface area contributed by atoms with Crippen molar-refractivity contribution >= 4 is 22.4 Å². The lowest BCUT2D eigenvalue weighted by molar-refractivity contribution is 0.776. The third kappa shape index (κ3) is 3.09. The molecule has 7 nitrogen and oxygen atoms in total. The quantitative estimate of drug-likeness (QED) is 0.544. The van der Waals surface area contributed by atoms with E-state index in [4.69, 9.17) is 17.3 Å². The highest BCUT2D eigenvalue weighted by Gasteiger charge is 2.18. The zero-order chi connectivity index (χ0) is 20.7. The van der Waals surface area contributed by atoms with Crippen LogP contribution >= 0.6 is 11.6 Å². The minimum Gasteiger partial charge on any atom is -0.325 e. The van der Waals surface area contributed by atoms with Gasteiger partial charge in [0.05, 0.1) is 34.6 Å². The highest BCUT2D eigenvalue weighted by Crippen LogP contribution is 2.36. The Balaban J connectivity index is 2.00. The minimum atomic E-state index is -0.271. The average Bonchev–Trinajstić information content (AvgIpc) is 3.11. The van der Waals surface area contributed by atoms with Crippen LogP contribution in [0.1, 0.15) is 16.8 Å². The van der Waals surface area contributed by atoms with Crippen LogP contribution in [0.25, 0.3) is 33.2 Å². The standard InChI is InChI=1S/C21H17ClN6O/c1-11-5-13(8-23)15(7-18(11)22)20-17(10-25-28(20)2)12-3-4-14-16(6-12)19(9-24)26-27-21(14)29/h3-7,10H,9,24H2,1-2H3,(H,27,29). The van der Waals surface area contributed by atoms with Crippen molar-refractivity contribution in [1.82, 2.24) is 20.0 Å². The first-order chi connectivity index (χ1) is 13.9. The number of hydrogen-bond donors (Lipinski definition) is 2. The molecule has 2 aromatic carbocycles. The molecule has 0 aliphatic rings. The van der Waals surface area contributed by atoms with Gasteiger partial charge in [0.25, 0.3) is 5.56 Å². The van der Waals surface area contributed by atoms with Gasteiger partial charge in [-0.05, 0) is 42.3 Å². The van der Waals surface area contributed by atoms with Gasteiger partial charge in [-0.1, -0.05) is 17.7 Å². The number of nitriles is 1. The number of halogens is 1. The molecule has 0 bridgehead atoms. The van der Waals surface area contributed by atoms with Crippen molar-refractivity contribution in [2.45, 2.75) is 13.5 Å². The SMILES string of the molecule is Cc1cc(C#N)c(-c2c(-c3ccc4c(=O)[nH]nc(CN)c4c3)cnn2C)cc1Cl. The van der Waals surface area contributed by atoms with Crippen molar-refractivity contribution in [3.63, 3.8) is 0 Å². The summed E-state index contributed by atoms with van der Waals surface area (Å²) < 4.78 is 1.71. The molecule has 0 aliphatic heterocycles. The molecule has 0 atom stereocenters. The van der Waals surface area contributed by atoms with Crippen LogP contribution in [0.15, 0.2) is 41.3 Å². The summed E-state index contributed by atoms with van der Waals surface area (Å²) >= 11 is 6.35. The third-order valence-electron chi connectivity index (χ3n) is 4.98. The molecule has 8 heteroatoms. The third-order valence-corrected chi connectivity index (χ3v) is 5.39. The van der Waals surface area contributed by atoms with Crippen molar-refractivity contribution in [3.8, 4) is 28.5 Å². The second-order valence-electron chi connectivity index (χ2n) is 6.75. The van der Waals surface area contributed by atoms with E-state index >= 15 is 0 Å². The van der Waals surface area contributed by atoms with Gasteiger partial charge in [0.15, 0.2) is 0 Å². The van der Waals surface area contributed by atoms with Gasteiger partial charge in [-0.3, -0.25) is 9.48 Å². The zero-order valence-corrected chi connectivity index (χ0v) is 16.6. The van der Waals surface area contributed by atoms with E-state index < -0.39 is 0 Å². The largest absolute Gasteiger partial charge is 0.325 e. The topological polar surface area (TPSA) is 113 Å². The molecule has 0 saturated carbocycles. The Bertz CT molecular complexity index is 1360. The second kappa shape index (κ2) is 7.17. The predicted molar refractivity (Wildman–Crippen MR) is 112 cm³/mol. The molecule has 0 amide bonds. The lowest BCUT2D eigenvalue weighted by atomic mass is 9.95. The summed E-state index contributed by atoms with van der Waals surface area (Å²) in [7, 11) is 1.81. The average molecular weight is 405 g/mol. The number of aryl methyl sites for hydroxylation is 2. The van der Waals surface area contributed by atoms with Crippen molar-refractivity contribution in [1.29, 1.82) is 5.26 Å². The number of aromatic amines is 1. The van der Waals surface area contributed by atoms with Crippen LogP contribution in [0.4, 0.5) is 0 Å². The zero-order valence-electron chi connectivity index (χ0n) is 15.8. The molecular weight excluding hydrogens is 388 g/mol. The monoisotopic (exact) mass is 404 g/mol. The van der Waals surface area contributed by atoms with Gasteiger partial charge < -0.3 is 5.73 Å². The van der Waals surface area contributed by atoms with E-state index in [0.717, 1.165) is 22.4 Å². The number of H-pyrrole nitrogens is 1. The lowest BCUT2D eigenvalue weighted by Gasteiger charge is -2.11. The fourth-order valence-corrected chi connectivity index (χ4v) is 3.64.